The topological polar surface area (TPSA) is 19.0 Å². The van der Waals surface area contributed by atoms with Gasteiger partial charge in [-0.05, 0) is 31.0 Å². The Morgan fingerprint density at radius 2 is 1.37 bits per heavy atom. The Morgan fingerprint density at radius 3 is 1.85 bits per heavy atom. The predicted molar refractivity (Wildman–Crippen MR) is 95.9 cm³/mol. The summed E-state index contributed by atoms with van der Waals surface area (Å²) in [6, 6.07) is 8.66. The van der Waals surface area contributed by atoms with Crippen molar-refractivity contribution in [3.05, 3.63) is 61.2 Å². The molecule has 2 aromatic rings. The smallest absolute Gasteiger partial charge is 0.371 e. The first-order valence-electron chi connectivity index (χ1n) is 7.94. The van der Waals surface area contributed by atoms with Gasteiger partial charge in [-0.2, -0.15) is 0 Å². The molecule has 1 saturated heterocycles. The molecule has 10 heteroatoms. The molecule has 2 radical (unpaired) electrons. The van der Waals surface area contributed by atoms with E-state index in [0.717, 1.165) is 0 Å². The van der Waals surface area contributed by atoms with Gasteiger partial charge in [-0.3, -0.25) is 0 Å². The average Bonchev–Trinajstić information content (AvgIpc) is 3.25. The number of halogens is 6. The molecule has 0 spiro atoms. The van der Waals surface area contributed by atoms with Crippen molar-refractivity contribution in [2.24, 2.45) is 0 Å². The van der Waals surface area contributed by atoms with Crippen molar-refractivity contribution < 1.29 is 44.7 Å². The van der Waals surface area contributed by atoms with Gasteiger partial charge in [-0.1, -0.05) is 30.4 Å². The quantitative estimate of drug-likeness (QED) is 0.246. The van der Waals surface area contributed by atoms with Crippen LogP contribution in [0.5, 0.6) is 0 Å². The maximum absolute atomic E-state index is 10.7. The second-order valence-corrected chi connectivity index (χ2v) is 7.75. The van der Waals surface area contributed by atoms with Gasteiger partial charge in [0.25, 0.3) is 0 Å². The van der Waals surface area contributed by atoms with Crippen molar-refractivity contribution in [3.63, 3.8) is 0 Å². The first-order chi connectivity index (χ1) is 11.9. The van der Waals surface area contributed by atoms with Crippen LogP contribution < -0.4 is 4.90 Å². The summed E-state index contributed by atoms with van der Waals surface area (Å²) in [5.74, 6) is 0. The number of fused-ring (bicyclic) bond motifs is 1. The summed E-state index contributed by atoms with van der Waals surface area (Å²) in [5.41, 5.74) is 2.63. The van der Waals surface area contributed by atoms with Crippen molar-refractivity contribution >= 4 is 24.4 Å². The SMILES string of the molecule is F[P-](F)(F)(F)(F)F.[CH]1C=CC=C1.[Ru+].c1cc(N2CCCC2)c2cc[nH]c2c1. The number of hydrogen-bond donors (Lipinski definition) is 1. The van der Waals surface area contributed by atoms with Gasteiger partial charge in [-0.15, -0.1) is 0 Å². The third-order valence-electron chi connectivity index (χ3n) is 3.57. The van der Waals surface area contributed by atoms with E-state index in [2.05, 4.69) is 34.1 Å². The number of aromatic nitrogens is 1. The third kappa shape index (κ3) is 10.6. The van der Waals surface area contributed by atoms with E-state index in [1.165, 1.54) is 42.5 Å². The van der Waals surface area contributed by atoms with E-state index < -0.39 is 7.81 Å². The molecule has 27 heavy (non-hydrogen) atoms. The van der Waals surface area contributed by atoms with E-state index >= 15 is 0 Å². The minimum absolute atomic E-state index is 0. The van der Waals surface area contributed by atoms with Crippen LogP contribution in [-0.2, 0) is 19.5 Å². The molecule has 1 aromatic heterocycles. The summed E-state index contributed by atoms with van der Waals surface area (Å²) in [4.78, 5) is 5.74. The molecular weight excluding hydrogens is 478 g/mol. The Balaban J connectivity index is 0.000000237. The Bertz CT molecular complexity index is 771. The maximum atomic E-state index is 9.87. The predicted octanol–water partition coefficient (Wildman–Crippen LogP) is 7.46. The minimum Gasteiger partial charge on any atom is -0.371 e. The number of aromatic amines is 1. The number of nitrogens with one attached hydrogen (secondary N) is 1. The van der Waals surface area contributed by atoms with Crippen molar-refractivity contribution in [1.82, 2.24) is 4.98 Å². The summed E-state index contributed by atoms with van der Waals surface area (Å²) in [6.07, 6.45) is 14.7. The zero-order valence-corrected chi connectivity index (χ0v) is 16.8. The van der Waals surface area contributed by atoms with Crippen LogP contribution in [0.4, 0.5) is 30.9 Å². The van der Waals surface area contributed by atoms with Gasteiger partial charge in [0.05, 0.1) is 0 Å². The number of anilines is 1. The zero-order chi connectivity index (χ0) is 19.3. The van der Waals surface area contributed by atoms with Crippen LogP contribution in [0.2, 0.25) is 0 Å². The molecule has 2 heterocycles. The zero-order valence-electron chi connectivity index (χ0n) is 14.1. The second-order valence-electron chi connectivity index (χ2n) is 5.83. The summed E-state index contributed by atoms with van der Waals surface area (Å²) in [5, 5.41) is 1.36. The van der Waals surface area contributed by atoms with Gasteiger partial charge in [0, 0.05) is 42.3 Å². The molecule has 1 fully saturated rings. The van der Waals surface area contributed by atoms with Crippen molar-refractivity contribution in [2.75, 3.05) is 18.0 Å². The van der Waals surface area contributed by atoms with E-state index in [-0.39, 0.29) is 19.5 Å². The first kappa shape index (κ1) is 23.7. The minimum atomic E-state index is -10.7. The molecule has 0 unspecified atom stereocenters. The van der Waals surface area contributed by atoms with Crippen LogP contribution in [0.3, 0.4) is 0 Å². The van der Waals surface area contributed by atoms with E-state index in [0.29, 0.717) is 0 Å². The average molecular weight is 497 g/mol. The summed E-state index contributed by atoms with van der Waals surface area (Å²) < 4.78 is 59.2. The van der Waals surface area contributed by atoms with E-state index in [4.69, 9.17) is 0 Å². The fourth-order valence-electron chi connectivity index (χ4n) is 2.62. The molecule has 1 aliphatic carbocycles. The Labute approximate surface area is 166 Å². The number of benzene rings is 1. The molecule has 0 amide bonds. The van der Waals surface area contributed by atoms with Gasteiger partial charge < -0.3 is 9.88 Å². The summed E-state index contributed by atoms with van der Waals surface area (Å²) >= 11 is 0. The number of nitrogens with zero attached hydrogens (tertiary/aromatic N) is 1. The first-order valence-corrected chi connectivity index (χ1v) is 9.97. The van der Waals surface area contributed by atoms with Gasteiger partial charge >= 0.3 is 52.5 Å². The fraction of sp³-hybridized carbons (Fsp3) is 0.235. The normalized spacial score (nSPS) is 17.9. The summed E-state index contributed by atoms with van der Waals surface area (Å²) in [6.45, 7) is 2.43. The fourth-order valence-corrected chi connectivity index (χ4v) is 2.62. The van der Waals surface area contributed by atoms with Gasteiger partial charge in [0.2, 0.25) is 0 Å². The van der Waals surface area contributed by atoms with Crippen molar-refractivity contribution in [2.45, 2.75) is 12.8 Å². The number of H-pyrrole nitrogens is 1. The van der Waals surface area contributed by atoms with Gasteiger partial charge in [0.1, 0.15) is 0 Å². The maximum Gasteiger partial charge on any atom is 1.00 e. The second kappa shape index (κ2) is 8.36. The molecule has 152 valence electrons. The van der Waals surface area contributed by atoms with Crippen LogP contribution in [0.1, 0.15) is 12.8 Å². The van der Waals surface area contributed by atoms with Crippen LogP contribution in [0, 0.1) is 6.42 Å². The molecule has 2 nitrogen and oxygen atoms in total. The third-order valence-corrected chi connectivity index (χ3v) is 3.57. The molecule has 1 aliphatic heterocycles. The van der Waals surface area contributed by atoms with Gasteiger partial charge in [-0.25, -0.2) is 0 Å². The molecular formula is C17H19F6N2PRu. The molecule has 0 bridgehead atoms. The Morgan fingerprint density at radius 1 is 0.815 bits per heavy atom. The molecule has 4 rings (SSSR count). The molecule has 1 aromatic carbocycles. The van der Waals surface area contributed by atoms with E-state index in [9.17, 15) is 25.2 Å². The number of rotatable bonds is 1. The summed E-state index contributed by atoms with van der Waals surface area (Å²) in [7, 11) is -10.7. The standard InChI is InChI=1S/C12H14N2.C5H5.F6P.Ru/c1-2-9-14(8-1)12-5-3-4-11-10(12)6-7-13-11;1-2-4-5-3-1;1-7(2,3,4,5)6;/h3-7,13H,1-2,8-9H2;1-5H;;/q;;-1;+1. The van der Waals surface area contributed by atoms with Crippen LogP contribution >= 0.6 is 7.81 Å². The molecule has 0 saturated carbocycles. The number of hydrogen-bond acceptors (Lipinski definition) is 1. The number of allylic oxidation sites excluding steroid dienone is 4. The van der Waals surface area contributed by atoms with E-state index in [1.54, 1.807) is 0 Å². The van der Waals surface area contributed by atoms with Crippen molar-refractivity contribution in [3.8, 4) is 0 Å². The van der Waals surface area contributed by atoms with Crippen LogP contribution in [0.25, 0.3) is 10.9 Å². The van der Waals surface area contributed by atoms with E-state index in [1.807, 2.05) is 36.9 Å². The van der Waals surface area contributed by atoms with Crippen LogP contribution in [-0.4, -0.2) is 18.1 Å². The Kier molecular flexibility index (Phi) is 7.34. The van der Waals surface area contributed by atoms with Gasteiger partial charge in [0.15, 0.2) is 0 Å². The van der Waals surface area contributed by atoms with Crippen molar-refractivity contribution in [1.29, 1.82) is 0 Å². The van der Waals surface area contributed by atoms with Crippen LogP contribution in [0.15, 0.2) is 54.8 Å². The largest absolute Gasteiger partial charge is 1.00 e. The molecule has 2 aliphatic rings. The molecule has 1 N–H and O–H groups in total. The Hall–Kier alpha value is -1.33. The molecule has 0 atom stereocenters. The monoisotopic (exact) mass is 498 g/mol.